The summed E-state index contributed by atoms with van der Waals surface area (Å²) in [6, 6.07) is 9.65. The Morgan fingerprint density at radius 3 is 2.46 bits per heavy atom. The summed E-state index contributed by atoms with van der Waals surface area (Å²) in [6.07, 6.45) is 1.39. The Balaban J connectivity index is 2.03. The first-order valence-electron chi connectivity index (χ1n) is 7.49. The van der Waals surface area contributed by atoms with Crippen LogP contribution in [-0.2, 0) is 4.79 Å². The summed E-state index contributed by atoms with van der Waals surface area (Å²) in [5.41, 5.74) is 0.593. The monoisotopic (exact) mass is 329 g/mol. The number of hydrogen-bond donors (Lipinski definition) is 3. The SMILES string of the molecule is CC(C)NC(=O)CNC(=O)c1ccccc1NC(=O)c1ccco1. The number of rotatable bonds is 6. The van der Waals surface area contributed by atoms with Gasteiger partial charge >= 0.3 is 0 Å². The summed E-state index contributed by atoms with van der Waals surface area (Å²) >= 11 is 0. The van der Waals surface area contributed by atoms with E-state index in [-0.39, 0.29) is 29.8 Å². The zero-order valence-corrected chi connectivity index (χ0v) is 13.5. The van der Waals surface area contributed by atoms with Crippen molar-refractivity contribution < 1.29 is 18.8 Å². The molecule has 0 bridgehead atoms. The van der Waals surface area contributed by atoms with Gasteiger partial charge in [-0.05, 0) is 38.1 Å². The van der Waals surface area contributed by atoms with Crippen molar-refractivity contribution in [2.45, 2.75) is 19.9 Å². The summed E-state index contributed by atoms with van der Waals surface area (Å²) < 4.78 is 5.02. The van der Waals surface area contributed by atoms with Gasteiger partial charge in [0.25, 0.3) is 11.8 Å². The van der Waals surface area contributed by atoms with Crippen LogP contribution in [0.1, 0.15) is 34.8 Å². The zero-order valence-electron chi connectivity index (χ0n) is 13.5. The van der Waals surface area contributed by atoms with Crippen molar-refractivity contribution >= 4 is 23.4 Å². The molecule has 0 saturated carbocycles. The highest BCUT2D eigenvalue weighted by Gasteiger charge is 2.16. The molecule has 1 heterocycles. The van der Waals surface area contributed by atoms with Crippen molar-refractivity contribution in [1.82, 2.24) is 10.6 Å². The molecule has 0 aliphatic carbocycles. The summed E-state index contributed by atoms with van der Waals surface area (Å²) in [4.78, 5) is 35.9. The van der Waals surface area contributed by atoms with E-state index >= 15 is 0 Å². The second-order valence-electron chi connectivity index (χ2n) is 5.38. The molecule has 24 heavy (non-hydrogen) atoms. The predicted molar refractivity (Wildman–Crippen MR) is 88.7 cm³/mol. The standard InChI is InChI=1S/C17H19N3O4/c1-11(2)19-15(21)10-18-16(22)12-6-3-4-7-13(12)20-17(23)14-8-5-9-24-14/h3-9,11H,10H2,1-2H3,(H,18,22)(H,19,21)(H,20,23). The molecule has 0 saturated heterocycles. The lowest BCUT2D eigenvalue weighted by Gasteiger charge is -2.12. The highest BCUT2D eigenvalue weighted by molar-refractivity contribution is 6.08. The molecule has 0 aliphatic heterocycles. The van der Waals surface area contributed by atoms with E-state index in [0.717, 1.165) is 0 Å². The number of carbonyl (C=O) groups is 3. The third-order valence-corrected chi connectivity index (χ3v) is 3.02. The minimum Gasteiger partial charge on any atom is -0.459 e. The third kappa shape index (κ3) is 4.70. The smallest absolute Gasteiger partial charge is 0.291 e. The van der Waals surface area contributed by atoms with Crippen LogP contribution in [0.25, 0.3) is 0 Å². The molecule has 3 N–H and O–H groups in total. The van der Waals surface area contributed by atoms with Gasteiger partial charge in [-0.2, -0.15) is 0 Å². The first-order chi connectivity index (χ1) is 11.5. The molecule has 1 aromatic heterocycles. The number of para-hydroxylation sites is 1. The van der Waals surface area contributed by atoms with Crippen molar-refractivity contribution in [3.63, 3.8) is 0 Å². The summed E-state index contributed by atoms with van der Waals surface area (Å²) in [7, 11) is 0. The average Bonchev–Trinajstić information content (AvgIpc) is 3.07. The van der Waals surface area contributed by atoms with Crippen LogP contribution >= 0.6 is 0 Å². The number of hydrogen-bond acceptors (Lipinski definition) is 4. The number of carbonyl (C=O) groups excluding carboxylic acids is 3. The number of amides is 3. The molecule has 7 heteroatoms. The summed E-state index contributed by atoms with van der Waals surface area (Å²) in [5.74, 6) is -1.06. The number of nitrogens with one attached hydrogen (secondary N) is 3. The predicted octanol–water partition coefficient (Wildman–Crippen LogP) is 1.79. The molecule has 0 atom stereocenters. The Morgan fingerprint density at radius 2 is 1.79 bits per heavy atom. The van der Waals surface area contributed by atoms with Gasteiger partial charge in [-0.25, -0.2) is 0 Å². The lowest BCUT2D eigenvalue weighted by molar-refractivity contribution is -0.120. The maximum atomic E-state index is 12.3. The van der Waals surface area contributed by atoms with E-state index in [1.165, 1.54) is 12.3 Å². The van der Waals surface area contributed by atoms with Gasteiger partial charge in [-0.1, -0.05) is 12.1 Å². The third-order valence-electron chi connectivity index (χ3n) is 3.02. The maximum Gasteiger partial charge on any atom is 0.291 e. The first-order valence-corrected chi connectivity index (χ1v) is 7.49. The lowest BCUT2D eigenvalue weighted by Crippen LogP contribution is -2.40. The molecule has 1 aromatic carbocycles. The number of furan rings is 1. The van der Waals surface area contributed by atoms with Crippen LogP contribution in [0.2, 0.25) is 0 Å². The molecule has 2 rings (SSSR count). The molecule has 0 radical (unpaired) electrons. The average molecular weight is 329 g/mol. The Bertz CT molecular complexity index is 723. The van der Waals surface area contributed by atoms with E-state index in [0.29, 0.717) is 5.69 Å². The van der Waals surface area contributed by atoms with Crippen molar-refractivity contribution in [1.29, 1.82) is 0 Å². The second kappa shape index (κ2) is 7.96. The van der Waals surface area contributed by atoms with Crippen LogP contribution in [0.4, 0.5) is 5.69 Å². The molecule has 7 nitrogen and oxygen atoms in total. The van der Waals surface area contributed by atoms with Crippen LogP contribution in [0.3, 0.4) is 0 Å². The van der Waals surface area contributed by atoms with Crippen molar-refractivity contribution in [2.24, 2.45) is 0 Å². The fraction of sp³-hybridized carbons (Fsp3) is 0.235. The van der Waals surface area contributed by atoms with Gasteiger partial charge in [-0.15, -0.1) is 0 Å². The van der Waals surface area contributed by atoms with Gasteiger partial charge < -0.3 is 20.4 Å². The largest absolute Gasteiger partial charge is 0.459 e. The van der Waals surface area contributed by atoms with E-state index < -0.39 is 11.8 Å². The Labute approximate surface area is 139 Å². The van der Waals surface area contributed by atoms with E-state index in [1.807, 2.05) is 13.8 Å². The highest BCUT2D eigenvalue weighted by atomic mass is 16.3. The lowest BCUT2D eigenvalue weighted by atomic mass is 10.1. The Morgan fingerprint density at radius 1 is 1.04 bits per heavy atom. The van der Waals surface area contributed by atoms with Crippen LogP contribution in [0, 0.1) is 0 Å². The first kappa shape index (κ1) is 17.3. The molecule has 0 spiro atoms. The minimum atomic E-state index is -0.460. The highest BCUT2D eigenvalue weighted by Crippen LogP contribution is 2.16. The Kier molecular flexibility index (Phi) is 5.73. The van der Waals surface area contributed by atoms with Crippen LogP contribution in [0.15, 0.2) is 47.1 Å². The van der Waals surface area contributed by atoms with Crippen LogP contribution < -0.4 is 16.0 Å². The fourth-order valence-corrected chi connectivity index (χ4v) is 2.01. The van der Waals surface area contributed by atoms with Crippen molar-refractivity contribution in [2.75, 3.05) is 11.9 Å². The van der Waals surface area contributed by atoms with Gasteiger partial charge in [0.15, 0.2) is 5.76 Å². The van der Waals surface area contributed by atoms with Crippen molar-refractivity contribution in [3.8, 4) is 0 Å². The van der Waals surface area contributed by atoms with E-state index in [1.54, 1.807) is 30.3 Å². The van der Waals surface area contributed by atoms with E-state index in [4.69, 9.17) is 4.42 Å². The molecular formula is C17H19N3O4. The molecule has 0 aliphatic rings. The van der Waals surface area contributed by atoms with Crippen LogP contribution in [0.5, 0.6) is 0 Å². The van der Waals surface area contributed by atoms with Gasteiger partial charge in [0.05, 0.1) is 24.1 Å². The Hall–Kier alpha value is -3.09. The molecule has 0 fully saturated rings. The summed E-state index contributed by atoms with van der Waals surface area (Å²) in [6.45, 7) is 3.52. The number of benzene rings is 1. The van der Waals surface area contributed by atoms with Gasteiger partial charge in [0.2, 0.25) is 5.91 Å². The summed E-state index contributed by atoms with van der Waals surface area (Å²) in [5, 5.41) is 7.83. The molecule has 0 unspecified atom stereocenters. The fourth-order valence-electron chi connectivity index (χ4n) is 2.01. The maximum absolute atomic E-state index is 12.3. The van der Waals surface area contributed by atoms with Gasteiger partial charge in [0.1, 0.15) is 0 Å². The second-order valence-corrected chi connectivity index (χ2v) is 5.38. The molecule has 3 amide bonds. The quantitative estimate of drug-likeness (QED) is 0.752. The van der Waals surface area contributed by atoms with Crippen molar-refractivity contribution in [3.05, 3.63) is 54.0 Å². The molecular weight excluding hydrogens is 310 g/mol. The van der Waals surface area contributed by atoms with E-state index in [9.17, 15) is 14.4 Å². The number of anilines is 1. The molecule has 126 valence electrons. The van der Waals surface area contributed by atoms with Gasteiger partial charge in [0, 0.05) is 6.04 Å². The minimum absolute atomic E-state index is 0.00530. The molecule has 2 aromatic rings. The zero-order chi connectivity index (χ0) is 17.5. The van der Waals surface area contributed by atoms with Gasteiger partial charge in [-0.3, -0.25) is 14.4 Å². The normalized spacial score (nSPS) is 10.3. The topological polar surface area (TPSA) is 100 Å². The van der Waals surface area contributed by atoms with Crippen LogP contribution in [-0.4, -0.2) is 30.3 Å². The van der Waals surface area contributed by atoms with E-state index in [2.05, 4.69) is 16.0 Å².